The van der Waals surface area contributed by atoms with Crippen molar-refractivity contribution in [3.63, 3.8) is 0 Å². The van der Waals surface area contributed by atoms with Gasteiger partial charge in [0.1, 0.15) is 0 Å². The molecule has 0 aromatic carbocycles. The van der Waals surface area contributed by atoms with Crippen molar-refractivity contribution in [3.8, 4) is 0 Å². The van der Waals surface area contributed by atoms with Crippen LogP contribution in [0.15, 0.2) is 11.3 Å². The van der Waals surface area contributed by atoms with Crippen molar-refractivity contribution in [2.45, 2.75) is 47.1 Å². The predicted molar refractivity (Wildman–Crippen MR) is 60.3 cm³/mol. The molecule has 0 rings (SSSR count). The lowest BCUT2D eigenvalue weighted by molar-refractivity contribution is 0.130. The summed E-state index contributed by atoms with van der Waals surface area (Å²) in [7, 11) is 1.74. The fourth-order valence-electron chi connectivity index (χ4n) is 1.49. The first kappa shape index (κ1) is 13.5. The van der Waals surface area contributed by atoms with Crippen LogP contribution in [-0.4, -0.2) is 19.8 Å². The fraction of sp³-hybridized carbons (Fsp3) is 0.833. The number of ether oxygens (including phenoxy) is 2. The highest BCUT2D eigenvalue weighted by Gasteiger charge is 2.13. The Morgan fingerprint density at radius 3 is 2.14 bits per heavy atom. The van der Waals surface area contributed by atoms with Crippen LogP contribution >= 0.6 is 0 Å². The van der Waals surface area contributed by atoms with Crippen LogP contribution in [0, 0.1) is 5.92 Å². The molecule has 0 aliphatic rings. The van der Waals surface area contributed by atoms with E-state index in [1.807, 2.05) is 13.8 Å². The summed E-state index contributed by atoms with van der Waals surface area (Å²) in [5.74, 6) is 1.66. The third kappa shape index (κ3) is 4.66. The molecular weight excluding hydrogens is 176 g/mol. The van der Waals surface area contributed by atoms with Gasteiger partial charge < -0.3 is 9.47 Å². The second-order valence-corrected chi connectivity index (χ2v) is 3.99. The fourth-order valence-corrected chi connectivity index (χ4v) is 1.49. The lowest BCUT2D eigenvalue weighted by Gasteiger charge is -2.19. The van der Waals surface area contributed by atoms with E-state index in [0.717, 1.165) is 18.8 Å². The van der Waals surface area contributed by atoms with Gasteiger partial charge in [0.15, 0.2) is 0 Å². The number of hydrogen-bond donors (Lipinski definition) is 0. The SMILES string of the molecule is CCOC(C)=C(CC(C)C)C(C)OC. The molecule has 0 saturated heterocycles. The van der Waals surface area contributed by atoms with Crippen LogP contribution in [0.3, 0.4) is 0 Å². The molecule has 1 unspecified atom stereocenters. The van der Waals surface area contributed by atoms with Gasteiger partial charge >= 0.3 is 0 Å². The Labute approximate surface area is 88.3 Å². The maximum atomic E-state index is 5.53. The minimum atomic E-state index is 0.156. The molecule has 2 heteroatoms. The zero-order chi connectivity index (χ0) is 11.1. The Bertz CT molecular complexity index is 183. The summed E-state index contributed by atoms with van der Waals surface area (Å²) in [5.41, 5.74) is 1.28. The minimum Gasteiger partial charge on any atom is -0.498 e. The first-order valence-corrected chi connectivity index (χ1v) is 5.38. The van der Waals surface area contributed by atoms with Crippen molar-refractivity contribution in [1.82, 2.24) is 0 Å². The molecule has 0 aromatic rings. The van der Waals surface area contributed by atoms with Gasteiger partial charge in [0.2, 0.25) is 0 Å². The molecule has 0 aromatic heterocycles. The predicted octanol–water partition coefficient (Wildman–Crippen LogP) is 3.38. The molecule has 0 N–H and O–H groups in total. The van der Waals surface area contributed by atoms with Crippen LogP contribution in [-0.2, 0) is 9.47 Å². The highest BCUT2D eigenvalue weighted by molar-refractivity contribution is 5.12. The Balaban J connectivity index is 4.59. The Hall–Kier alpha value is -0.500. The largest absolute Gasteiger partial charge is 0.498 e. The van der Waals surface area contributed by atoms with E-state index < -0.39 is 0 Å². The second-order valence-electron chi connectivity index (χ2n) is 3.99. The molecule has 0 aliphatic heterocycles. The van der Waals surface area contributed by atoms with Crippen molar-refractivity contribution in [1.29, 1.82) is 0 Å². The summed E-state index contributed by atoms with van der Waals surface area (Å²) >= 11 is 0. The van der Waals surface area contributed by atoms with Crippen molar-refractivity contribution >= 4 is 0 Å². The van der Waals surface area contributed by atoms with E-state index in [4.69, 9.17) is 9.47 Å². The van der Waals surface area contributed by atoms with Gasteiger partial charge in [-0.15, -0.1) is 0 Å². The molecule has 0 fully saturated rings. The van der Waals surface area contributed by atoms with E-state index in [0.29, 0.717) is 5.92 Å². The topological polar surface area (TPSA) is 18.5 Å². The average Bonchev–Trinajstić information content (AvgIpc) is 2.13. The average molecular weight is 200 g/mol. The second kappa shape index (κ2) is 6.88. The molecule has 84 valence electrons. The van der Waals surface area contributed by atoms with Crippen molar-refractivity contribution in [3.05, 3.63) is 11.3 Å². The van der Waals surface area contributed by atoms with Crippen LogP contribution in [0.4, 0.5) is 0 Å². The van der Waals surface area contributed by atoms with Gasteiger partial charge in [0.25, 0.3) is 0 Å². The summed E-state index contributed by atoms with van der Waals surface area (Å²) in [6, 6.07) is 0. The Morgan fingerprint density at radius 1 is 1.21 bits per heavy atom. The smallest absolute Gasteiger partial charge is 0.0946 e. The summed E-state index contributed by atoms with van der Waals surface area (Å²) in [5, 5.41) is 0. The molecule has 0 saturated carbocycles. The molecule has 1 atom stereocenters. The van der Waals surface area contributed by atoms with E-state index >= 15 is 0 Å². The van der Waals surface area contributed by atoms with Crippen molar-refractivity contribution in [2.24, 2.45) is 5.92 Å². The maximum absolute atomic E-state index is 5.53. The maximum Gasteiger partial charge on any atom is 0.0946 e. The molecule has 14 heavy (non-hydrogen) atoms. The summed E-state index contributed by atoms with van der Waals surface area (Å²) in [6.07, 6.45) is 1.20. The molecule has 0 heterocycles. The molecule has 0 bridgehead atoms. The van der Waals surface area contributed by atoms with Gasteiger partial charge in [-0.3, -0.25) is 0 Å². The van der Waals surface area contributed by atoms with Gasteiger partial charge in [0.05, 0.1) is 18.5 Å². The first-order valence-electron chi connectivity index (χ1n) is 5.38. The summed E-state index contributed by atoms with van der Waals surface area (Å²) in [6.45, 7) is 11.2. The zero-order valence-corrected chi connectivity index (χ0v) is 10.4. The van der Waals surface area contributed by atoms with E-state index in [1.165, 1.54) is 5.57 Å². The number of hydrogen-bond acceptors (Lipinski definition) is 2. The quantitative estimate of drug-likeness (QED) is 0.612. The van der Waals surface area contributed by atoms with Crippen molar-refractivity contribution in [2.75, 3.05) is 13.7 Å². The normalized spacial score (nSPS) is 15.4. The lowest BCUT2D eigenvalue weighted by Crippen LogP contribution is -2.14. The molecule has 0 amide bonds. The zero-order valence-electron chi connectivity index (χ0n) is 10.4. The van der Waals surface area contributed by atoms with Crippen LogP contribution in [0.5, 0.6) is 0 Å². The van der Waals surface area contributed by atoms with E-state index in [2.05, 4.69) is 20.8 Å². The summed E-state index contributed by atoms with van der Waals surface area (Å²) in [4.78, 5) is 0. The van der Waals surface area contributed by atoms with E-state index in [1.54, 1.807) is 7.11 Å². The van der Waals surface area contributed by atoms with Crippen molar-refractivity contribution < 1.29 is 9.47 Å². The molecule has 2 nitrogen and oxygen atoms in total. The van der Waals surface area contributed by atoms with Gasteiger partial charge in [-0.1, -0.05) is 13.8 Å². The number of methoxy groups -OCH3 is 1. The van der Waals surface area contributed by atoms with Crippen LogP contribution in [0.1, 0.15) is 41.0 Å². The van der Waals surface area contributed by atoms with Crippen LogP contribution < -0.4 is 0 Å². The van der Waals surface area contributed by atoms with Crippen LogP contribution in [0.2, 0.25) is 0 Å². The lowest BCUT2D eigenvalue weighted by atomic mass is 9.98. The third-order valence-corrected chi connectivity index (χ3v) is 2.29. The van der Waals surface area contributed by atoms with Crippen LogP contribution in [0.25, 0.3) is 0 Å². The number of allylic oxidation sites excluding steroid dienone is 1. The molecule has 0 spiro atoms. The number of rotatable bonds is 6. The summed E-state index contributed by atoms with van der Waals surface area (Å²) < 4.78 is 10.9. The molecule has 0 aliphatic carbocycles. The Morgan fingerprint density at radius 2 is 1.79 bits per heavy atom. The van der Waals surface area contributed by atoms with Gasteiger partial charge in [-0.05, 0) is 38.7 Å². The molecular formula is C12H24O2. The highest BCUT2D eigenvalue weighted by Crippen LogP contribution is 2.21. The van der Waals surface area contributed by atoms with Gasteiger partial charge in [-0.25, -0.2) is 0 Å². The van der Waals surface area contributed by atoms with Gasteiger partial charge in [0, 0.05) is 7.11 Å². The highest BCUT2D eigenvalue weighted by atomic mass is 16.5. The van der Waals surface area contributed by atoms with Gasteiger partial charge in [-0.2, -0.15) is 0 Å². The van der Waals surface area contributed by atoms with E-state index in [-0.39, 0.29) is 6.10 Å². The standard InChI is InChI=1S/C12H24O2/c1-7-14-11(5)12(8-9(2)3)10(4)13-6/h9-10H,7-8H2,1-6H3. The van der Waals surface area contributed by atoms with E-state index in [9.17, 15) is 0 Å². The molecule has 0 radical (unpaired) electrons. The monoisotopic (exact) mass is 200 g/mol. The first-order chi connectivity index (χ1) is 6.52. The Kier molecular flexibility index (Phi) is 6.64. The third-order valence-electron chi connectivity index (χ3n) is 2.29. The minimum absolute atomic E-state index is 0.156.